The summed E-state index contributed by atoms with van der Waals surface area (Å²) in [5, 5.41) is 6.66. The van der Waals surface area contributed by atoms with Gasteiger partial charge in [0.2, 0.25) is 5.91 Å². The van der Waals surface area contributed by atoms with E-state index in [1.54, 1.807) is 24.3 Å². The summed E-state index contributed by atoms with van der Waals surface area (Å²) in [7, 11) is 0. The molecule has 1 aliphatic rings. The Morgan fingerprint density at radius 1 is 1.21 bits per heavy atom. The number of halogens is 3. The van der Waals surface area contributed by atoms with E-state index in [9.17, 15) is 14.4 Å². The Bertz CT molecular complexity index is 1050. The fourth-order valence-electron chi connectivity index (χ4n) is 2.46. The first-order valence-electron chi connectivity index (χ1n) is 8.01. The lowest BCUT2D eigenvalue weighted by molar-refractivity contribution is -0.130. The molecular formula is C18H11BrCl2N4O3S. The smallest absolute Gasteiger partial charge is 0.272 e. The molecule has 1 saturated heterocycles. The quantitative estimate of drug-likeness (QED) is 0.283. The van der Waals surface area contributed by atoms with Crippen LogP contribution in [-0.4, -0.2) is 29.0 Å². The molecule has 1 fully saturated rings. The maximum atomic E-state index is 12.8. The van der Waals surface area contributed by atoms with Gasteiger partial charge in [0.25, 0.3) is 11.8 Å². The van der Waals surface area contributed by atoms with Crippen molar-refractivity contribution < 1.29 is 14.4 Å². The Balaban J connectivity index is 1.75. The highest BCUT2D eigenvalue weighted by Gasteiger charge is 2.38. The number of nitrogens with zero attached hydrogens (tertiary/aromatic N) is 2. The summed E-state index contributed by atoms with van der Waals surface area (Å²) >= 11 is 20.2. The van der Waals surface area contributed by atoms with Gasteiger partial charge in [0.05, 0.1) is 16.3 Å². The predicted octanol–water partition coefficient (Wildman–Crippen LogP) is 3.54. The van der Waals surface area contributed by atoms with Crippen molar-refractivity contribution >= 4 is 86.1 Å². The van der Waals surface area contributed by atoms with Crippen LogP contribution in [0.1, 0.15) is 10.4 Å². The van der Waals surface area contributed by atoms with Gasteiger partial charge in [-0.3, -0.25) is 19.3 Å². The third kappa shape index (κ3) is 4.81. The number of anilines is 1. The minimum Gasteiger partial charge on any atom is -0.301 e. The van der Waals surface area contributed by atoms with Crippen LogP contribution >= 0.6 is 51.3 Å². The molecule has 0 saturated carbocycles. The van der Waals surface area contributed by atoms with Gasteiger partial charge >= 0.3 is 0 Å². The van der Waals surface area contributed by atoms with Crippen molar-refractivity contribution in [3.63, 3.8) is 0 Å². The number of thiocarbonyl (C=S) groups is 1. The van der Waals surface area contributed by atoms with Gasteiger partial charge < -0.3 is 5.32 Å². The molecule has 3 rings (SSSR count). The summed E-state index contributed by atoms with van der Waals surface area (Å²) in [6.45, 7) is 0. The van der Waals surface area contributed by atoms with E-state index in [4.69, 9.17) is 35.4 Å². The molecule has 0 spiro atoms. The van der Waals surface area contributed by atoms with Crippen LogP contribution in [0.3, 0.4) is 0 Å². The molecule has 0 unspecified atom stereocenters. The van der Waals surface area contributed by atoms with Crippen LogP contribution in [0.25, 0.3) is 0 Å². The van der Waals surface area contributed by atoms with Crippen molar-refractivity contribution in [2.45, 2.75) is 0 Å². The van der Waals surface area contributed by atoms with Crippen LogP contribution in [0.5, 0.6) is 0 Å². The number of hydrogen-bond donors (Lipinski definition) is 2. The normalized spacial score (nSPS) is 16.9. The summed E-state index contributed by atoms with van der Waals surface area (Å²) in [5.74, 6) is -3.13. The average molecular weight is 514 g/mol. The van der Waals surface area contributed by atoms with Gasteiger partial charge in [-0.1, -0.05) is 39.1 Å². The van der Waals surface area contributed by atoms with Gasteiger partial charge in [-0.25, -0.2) is 5.43 Å². The summed E-state index contributed by atoms with van der Waals surface area (Å²) in [6, 6.07) is 11.2. The molecule has 148 valence electrons. The number of carbonyl (C=O) groups is 3. The lowest BCUT2D eigenvalue weighted by Gasteiger charge is -2.30. The van der Waals surface area contributed by atoms with E-state index in [1.807, 2.05) is 0 Å². The second kappa shape index (κ2) is 9.00. The SMILES string of the molecule is O=C(N/N=C\[C@H]1C(=O)NC(=S)N(c2ccc(Br)cc2)C1=O)c1ccc(Cl)cc1Cl. The molecule has 0 bridgehead atoms. The van der Waals surface area contributed by atoms with Crippen LogP contribution in [0, 0.1) is 5.92 Å². The molecule has 7 nitrogen and oxygen atoms in total. The maximum absolute atomic E-state index is 12.8. The molecule has 3 amide bonds. The highest BCUT2D eigenvalue weighted by Crippen LogP contribution is 2.23. The van der Waals surface area contributed by atoms with E-state index >= 15 is 0 Å². The molecule has 1 aliphatic heterocycles. The van der Waals surface area contributed by atoms with E-state index < -0.39 is 23.6 Å². The van der Waals surface area contributed by atoms with Crippen molar-refractivity contribution in [2.75, 3.05) is 4.90 Å². The van der Waals surface area contributed by atoms with Crippen LogP contribution < -0.4 is 15.6 Å². The predicted molar refractivity (Wildman–Crippen MR) is 118 cm³/mol. The van der Waals surface area contributed by atoms with Crippen LogP contribution in [0.15, 0.2) is 52.0 Å². The van der Waals surface area contributed by atoms with Gasteiger partial charge in [0.15, 0.2) is 11.0 Å². The Kier molecular flexibility index (Phi) is 6.63. The summed E-state index contributed by atoms with van der Waals surface area (Å²) < 4.78 is 0.822. The van der Waals surface area contributed by atoms with Crippen molar-refractivity contribution in [2.24, 2.45) is 11.0 Å². The molecule has 29 heavy (non-hydrogen) atoms. The zero-order valence-electron chi connectivity index (χ0n) is 14.4. The first-order valence-corrected chi connectivity index (χ1v) is 9.96. The Hall–Kier alpha value is -2.33. The van der Waals surface area contributed by atoms with Gasteiger partial charge in [0, 0.05) is 15.7 Å². The summed E-state index contributed by atoms with van der Waals surface area (Å²) in [6.07, 6.45) is 1.03. The van der Waals surface area contributed by atoms with Crippen molar-refractivity contribution in [3.8, 4) is 0 Å². The fraction of sp³-hybridized carbons (Fsp3) is 0.0556. The van der Waals surface area contributed by atoms with Crippen LogP contribution in [-0.2, 0) is 9.59 Å². The molecule has 1 atom stereocenters. The molecule has 0 aliphatic carbocycles. The van der Waals surface area contributed by atoms with Crippen LogP contribution in [0.4, 0.5) is 5.69 Å². The van der Waals surface area contributed by atoms with Gasteiger partial charge in [-0.15, -0.1) is 0 Å². The zero-order valence-corrected chi connectivity index (χ0v) is 18.3. The average Bonchev–Trinajstić information content (AvgIpc) is 2.65. The number of rotatable bonds is 4. The second-order valence-corrected chi connectivity index (χ2v) is 7.91. The molecule has 2 N–H and O–H groups in total. The largest absolute Gasteiger partial charge is 0.301 e. The molecular weight excluding hydrogens is 503 g/mol. The monoisotopic (exact) mass is 512 g/mol. The standard InChI is InChI=1S/C18H11BrCl2N4O3S/c19-9-1-4-11(5-2-9)25-17(28)13(15(26)23-18(25)29)8-22-24-16(27)12-6-3-10(20)7-14(12)21/h1-8,13H,(H,24,27)(H,23,26,29)/b22-8-/t13-/m0/s1. The Morgan fingerprint density at radius 3 is 2.55 bits per heavy atom. The summed E-state index contributed by atoms with van der Waals surface area (Å²) in [5.41, 5.74) is 2.86. The van der Waals surface area contributed by atoms with Crippen molar-refractivity contribution in [1.82, 2.24) is 10.7 Å². The van der Waals surface area contributed by atoms with Gasteiger partial charge in [-0.2, -0.15) is 5.10 Å². The lowest BCUT2D eigenvalue weighted by atomic mass is 10.1. The molecule has 0 radical (unpaired) electrons. The van der Waals surface area contributed by atoms with E-state index in [0.29, 0.717) is 10.7 Å². The first kappa shape index (κ1) is 21.4. The minimum absolute atomic E-state index is 0.0380. The number of nitrogens with one attached hydrogen (secondary N) is 2. The van der Waals surface area contributed by atoms with E-state index in [-0.39, 0.29) is 15.7 Å². The second-order valence-electron chi connectivity index (χ2n) is 5.77. The topological polar surface area (TPSA) is 90.9 Å². The van der Waals surface area contributed by atoms with E-state index in [2.05, 4.69) is 31.8 Å². The van der Waals surface area contributed by atoms with Crippen LogP contribution in [0.2, 0.25) is 10.0 Å². The maximum Gasteiger partial charge on any atom is 0.272 e. The van der Waals surface area contributed by atoms with Crippen molar-refractivity contribution in [3.05, 3.63) is 62.5 Å². The Morgan fingerprint density at radius 2 is 1.90 bits per heavy atom. The lowest BCUT2D eigenvalue weighted by Crippen LogP contribution is -2.58. The number of amides is 3. The third-order valence-electron chi connectivity index (χ3n) is 3.85. The van der Waals surface area contributed by atoms with E-state index in [1.165, 1.54) is 23.1 Å². The minimum atomic E-state index is -1.27. The number of carbonyl (C=O) groups excluding carboxylic acids is 3. The zero-order chi connectivity index (χ0) is 21.1. The Labute approximate surface area is 189 Å². The summed E-state index contributed by atoms with van der Waals surface area (Å²) in [4.78, 5) is 38.4. The third-order valence-corrected chi connectivity index (χ3v) is 5.21. The molecule has 2 aromatic carbocycles. The first-order chi connectivity index (χ1) is 13.8. The molecule has 11 heteroatoms. The molecule has 2 aromatic rings. The van der Waals surface area contributed by atoms with Gasteiger partial charge in [-0.05, 0) is 54.7 Å². The number of benzene rings is 2. The number of hydrogen-bond acceptors (Lipinski definition) is 5. The highest BCUT2D eigenvalue weighted by molar-refractivity contribution is 9.10. The fourth-order valence-corrected chi connectivity index (χ4v) is 3.52. The molecule has 0 aromatic heterocycles. The molecule has 1 heterocycles. The highest BCUT2D eigenvalue weighted by atomic mass is 79.9. The van der Waals surface area contributed by atoms with E-state index in [0.717, 1.165) is 10.7 Å². The van der Waals surface area contributed by atoms with Crippen molar-refractivity contribution in [1.29, 1.82) is 0 Å². The van der Waals surface area contributed by atoms with Gasteiger partial charge in [0.1, 0.15) is 0 Å². The number of hydrazone groups is 1.